The number of nitrogens with two attached hydrogens (primary N) is 1. The number of hydrogen-bond acceptors (Lipinski definition) is 3. The molecule has 0 spiro atoms. The minimum Gasteiger partial charge on any atom is -0.409 e. The number of carbonyl (C=O) groups excluding carboxylic acids is 1. The summed E-state index contributed by atoms with van der Waals surface area (Å²) in [5, 5.41) is 14.6. The first kappa shape index (κ1) is 14.3. The van der Waals surface area contributed by atoms with Crippen molar-refractivity contribution >= 4 is 23.3 Å². The zero-order chi connectivity index (χ0) is 13.5. The van der Waals surface area contributed by atoms with Gasteiger partial charge < -0.3 is 16.3 Å². The maximum atomic E-state index is 11.7. The molecule has 1 rings (SSSR count). The van der Waals surface area contributed by atoms with Crippen molar-refractivity contribution in [2.45, 2.75) is 13.3 Å². The first-order valence-corrected chi connectivity index (χ1v) is 5.90. The van der Waals surface area contributed by atoms with Gasteiger partial charge in [0.25, 0.3) is 0 Å². The Morgan fingerprint density at radius 2 is 2.22 bits per heavy atom. The van der Waals surface area contributed by atoms with Crippen LogP contribution in [0.1, 0.15) is 12.5 Å². The van der Waals surface area contributed by atoms with Gasteiger partial charge >= 0.3 is 0 Å². The third-order valence-electron chi connectivity index (χ3n) is 2.53. The monoisotopic (exact) mass is 269 g/mol. The van der Waals surface area contributed by atoms with Gasteiger partial charge in [-0.05, 0) is 11.6 Å². The summed E-state index contributed by atoms with van der Waals surface area (Å²) in [7, 11) is 0. The number of benzene rings is 1. The van der Waals surface area contributed by atoms with Gasteiger partial charge in [0, 0.05) is 17.5 Å². The van der Waals surface area contributed by atoms with E-state index in [1.165, 1.54) is 0 Å². The number of amides is 1. The van der Waals surface area contributed by atoms with E-state index in [0.717, 1.165) is 5.56 Å². The fourth-order valence-corrected chi connectivity index (χ4v) is 1.55. The molecule has 0 aliphatic rings. The summed E-state index contributed by atoms with van der Waals surface area (Å²) >= 11 is 5.95. The molecule has 6 heteroatoms. The van der Waals surface area contributed by atoms with Gasteiger partial charge in [-0.2, -0.15) is 0 Å². The molecule has 1 unspecified atom stereocenters. The van der Waals surface area contributed by atoms with Crippen LogP contribution in [0.15, 0.2) is 29.4 Å². The Hall–Kier alpha value is -1.75. The third-order valence-corrected chi connectivity index (χ3v) is 2.90. The van der Waals surface area contributed by atoms with E-state index in [1.807, 2.05) is 12.1 Å². The summed E-state index contributed by atoms with van der Waals surface area (Å²) in [6, 6.07) is 7.18. The quantitative estimate of drug-likeness (QED) is 0.327. The Balaban J connectivity index is 2.46. The van der Waals surface area contributed by atoms with Crippen LogP contribution >= 0.6 is 11.6 Å². The predicted octanol–water partition coefficient (Wildman–Crippen LogP) is 1.38. The second-order valence-corrected chi connectivity index (χ2v) is 4.41. The van der Waals surface area contributed by atoms with E-state index < -0.39 is 0 Å². The molecule has 18 heavy (non-hydrogen) atoms. The van der Waals surface area contributed by atoms with Crippen LogP contribution in [0.4, 0.5) is 0 Å². The molecule has 0 aromatic heterocycles. The minimum absolute atomic E-state index is 0.0908. The molecule has 0 saturated carbocycles. The Labute approximate surface area is 111 Å². The molecule has 0 aliphatic carbocycles. The van der Waals surface area contributed by atoms with Gasteiger partial charge in [0.05, 0.1) is 6.42 Å². The van der Waals surface area contributed by atoms with E-state index in [1.54, 1.807) is 19.1 Å². The van der Waals surface area contributed by atoms with Crippen LogP contribution in [0, 0.1) is 5.92 Å². The standard InChI is InChI=1S/C12H16ClN3O2/c1-8(12(14)16-18)7-15-11(17)6-9-4-2-3-5-10(9)13/h2-5,8,18H,6-7H2,1H3,(H2,14,16)(H,15,17). The van der Waals surface area contributed by atoms with Crippen LogP contribution in [0.25, 0.3) is 0 Å². The zero-order valence-corrected chi connectivity index (χ0v) is 10.8. The van der Waals surface area contributed by atoms with Crippen LogP contribution in [-0.2, 0) is 11.2 Å². The van der Waals surface area contributed by atoms with Gasteiger partial charge in [-0.1, -0.05) is 41.9 Å². The highest BCUT2D eigenvalue weighted by atomic mass is 35.5. The number of rotatable bonds is 5. The van der Waals surface area contributed by atoms with Gasteiger partial charge in [0.2, 0.25) is 5.91 Å². The predicted molar refractivity (Wildman–Crippen MR) is 70.7 cm³/mol. The van der Waals surface area contributed by atoms with Gasteiger partial charge in [0.1, 0.15) is 5.84 Å². The van der Waals surface area contributed by atoms with Crippen LogP contribution in [0.5, 0.6) is 0 Å². The lowest BCUT2D eigenvalue weighted by Crippen LogP contribution is -2.35. The molecule has 1 atom stereocenters. The molecule has 1 aromatic carbocycles. The maximum absolute atomic E-state index is 11.7. The SMILES string of the molecule is CC(CNC(=O)Cc1ccccc1Cl)C(N)=NO. The zero-order valence-electron chi connectivity index (χ0n) is 10.1. The fraction of sp³-hybridized carbons (Fsp3) is 0.333. The molecule has 1 aromatic rings. The summed E-state index contributed by atoms with van der Waals surface area (Å²) in [5.41, 5.74) is 6.18. The largest absolute Gasteiger partial charge is 0.409 e. The van der Waals surface area contributed by atoms with Crippen molar-refractivity contribution < 1.29 is 10.0 Å². The normalized spacial score (nSPS) is 13.1. The second-order valence-electron chi connectivity index (χ2n) is 4.00. The first-order chi connectivity index (χ1) is 8.54. The van der Waals surface area contributed by atoms with Gasteiger partial charge in [-0.25, -0.2) is 0 Å². The molecule has 5 nitrogen and oxygen atoms in total. The Bertz CT molecular complexity index is 449. The van der Waals surface area contributed by atoms with Crippen LogP contribution in [-0.4, -0.2) is 23.5 Å². The fourth-order valence-electron chi connectivity index (χ4n) is 1.35. The van der Waals surface area contributed by atoms with Crippen LogP contribution in [0.2, 0.25) is 5.02 Å². The Kier molecular flexibility index (Phi) is 5.45. The average molecular weight is 270 g/mol. The van der Waals surface area contributed by atoms with E-state index in [0.29, 0.717) is 11.6 Å². The summed E-state index contributed by atoms with van der Waals surface area (Å²) in [6.07, 6.45) is 0.211. The summed E-state index contributed by atoms with van der Waals surface area (Å²) in [5.74, 6) is -0.279. The molecular weight excluding hydrogens is 254 g/mol. The highest BCUT2D eigenvalue weighted by Gasteiger charge is 2.11. The van der Waals surface area contributed by atoms with E-state index in [-0.39, 0.29) is 24.1 Å². The number of nitrogens with zero attached hydrogens (tertiary/aromatic N) is 1. The minimum atomic E-state index is -0.217. The smallest absolute Gasteiger partial charge is 0.224 e. The van der Waals surface area contributed by atoms with Crippen molar-refractivity contribution in [3.8, 4) is 0 Å². The molecule has 1 amide bonds. The lowest BCUT2D eigenvalue weighted by molar-refractivity contribution is -0.120. The van der Waals surface area contributed by atoms with E-state index in [4.69, 9.17) is 22.5 Å². The Morgan fingerprint density at radius 3 is 2.83 bits per heavy atom. The summed E-state index contributed by atoms with van der Waals surface area (Å²) in [6.45, 7) is 2.07. The molecule has 4 N–H and O–H groups in total. The number of nitrogens with one attached hydrogen (secondary N) is 1. The molecule has 0 bridgehead atoms. The topological polar surface area (TPSA) is 87.7 Å². The number of amidine groups is 1. The van der Waals surface area contributed by atoms with E-state index in [2.05, 4.69) is 10.5 Å². The second kappa shape index (κ2) is 6.86. The molecule has 0 heterocycles. The number of oxime groups is 1. The van der Waals surface area contributed by atoms with Crippen molar-refractivity contribution in [3.63, 3.8) is 0 Å². The lowest BCUT2D eigenvalue weighted by Gasteiger charge is -2.11. The van der Waals surface area contributed by atoms with Crippen molar-refractivity contribution in [2.75, 3.05) is 6.54 Å². The first-order valence-electron chi connectivity index (χ1n) is 5.52. The molecular formula is C12H16ClN3O2. The molecule has 0 fully saturated rings. The maximum Gasteiger partial charge on any atom is 0.224 e. The van der Waals surface area contributed by atoms with Gasteiger partial charge in [-0.3, -0.25) is 4.79 Å². The highest BCUT2D eigenvalue weighted by molar-refractivity contribution is 6.31. The molecule has 0 saturated heterocycles. The van der Waals surface area contributed by atoms with Crippen molar-refractivity contribution in [1.82, 2.24) is 5.32 Å². The van der Waals surface area contributed by atoms with Gasteiger partial charge in [-0.15, -0.1) is 0 Å². The molecule has 0 radical (unpaired) electrons. The highest BCUT2D eigenvalue weighted by Crippen LogP contribution is 2.15. The number of hydrogen-bond donors (Lipinski definition) is 3. The third kappa shape index (κ3) is 4.25. The van der Waals surface area contributed by atoms with Crippen molar-refractivity contribution in [2.24, 2.45) is 16.8 Å². The Morgan fingerprint density at radius 1 is 1.56 bits per heavy atom. The van der Waals surface area contributed by atoms with E-state index >= 15 is 0 Å². The lowest BCUT2D eigenvalue weighted by atomic mass is 10.1. The molecule has 0 aliphatic heterocycles. The number of carbonyl (C=O) groups is 1. The van der Waals surface area contributed by atoms with Crippen LogP contribution < -0.4 is 11.1 Å². The van der Waals surface area contributed by atoms with Crippen LogP contribution in [0.3, 0.4) is 0 Å². The van der Waals surface area contributed by atoms with Crippen molar-refractivity contribution in [3.05, 3.63) is 34.9 Å². The number of halogens is 1. The molecule has 98 valence electrons. The summed E-state index contributed by atoms with van der Waals surface area (Å²) < 4.78 is 0. The van der Waals surface area contributed by atoms with Gasteiger partial charge in [0.15, 0.2) is 0 Å². The average Bonchev–Trinajstić information content (AvgIpc) is 2.37. The summed E-state index contributed by atoms with van der Waals surface area (Å²) in [4.78, 5) is 11.7. The van der Waals surface area contributed by atoms with E-state index in [9.17, 15) is 4.79 Å². The van der Waals surface area contributed by atoms with Crippen molar-refractivity contribution in [1.29, 1.82) is 0 Å².